The molecule has 1 aromatic heterocycles. The van der Waals surface area contributed by atoms with Crippen molar-refractivity contribution in [2.24, 2.45) is 0 Å². The molecule has 0 atom stereocenters. The van der Waals surface area contributed by atoms with Gasteiger partial charge in [0.05, 0.1) is 4.90 Å². The third-order valence-corrected chi connectivity index (χ3v) is 6.34. The Labute approximate surface area is 175 Å². The number of carbonyl (C=O) groups is 2. The molecule has 0 fully saturated rings. The van der Waals surface area contributed by atoms with Gasteiger partial charge in [0.1, 0.15) is 23.9 Å². The molecule has 12 heteroatoms. The number of sulfonamides is 1. The first-order valence-corrected chi connectivity index (χ1v) is 10.4. The molecule has 1 aromatic carbocycles. The van der Waals surface area contributed by atoms with E-state index in [9.17, 15) is 31.9 Å². The van der Waals surface area contributed by atoms with Gasteiger partial charge in [-0.25, -0.2) is 22.2 Å². The molecule has 0 saturated heterocycles. The molecule has 2 aromatic rings. The molecule has 0 saturated carbocycles. The SMILES string of the molecule is O=C(O)CNC(=O)c1ncc(C2=CCN(S(=O)(=O)c3cc(F)cc(F)c3)CC2)cc1O. The Hall–Kier alpha value is -3.38. The summed E-state index contributed by atoms with van der Waals surface area (Å²) in [5.74, 6) is -4.57. The monoisotopic (exact) mass is 453 g/mol. The number of hydrogen-bond acceptors (Lipinski definition) is 6. The van der Waals surface area contributed by atoms with Crippen molar-refractivity contribution in [3.63, 3.8) is 0 Å². The minimum atomic E-state index is -4.11. The zero-order valence-electron chi connectivity index (χ0n) is 15.9. The summed E-state index contributed by atoms with van der Waals surface area (Å²) in [6, 6.07) is 3.33. The second-order valence-corrected chi connectivity index (χ2v) is 8.55. The number of aliphatic carboxylic acids is 1. The van der Waals surface area contributed by atoms with Crippen molar-refractivity contribution in [2.45, 2.75) is 11.3 Å². The van der Waals surface area contributed by atoms with Gasteiger partial charge in [-0.15, -0.1) is 0 Å². The van der Waals surface area contributed by atoms with Gasteiger partial charge in [0.2, 0.25) is 10.0 Å². The number of nitrogens with zero attached hydrogens (tertiary/aromatic N) is 2. The van der Waals surface area contributed by atoms with E-state index in [2.05, 4.69) is 10.3 Å². The normalized spacial score (nSPS) is 14.7. The van der Waals surface area contributed by atoms with Crippen LogP contribution in [0, 0.1) is 11.6 Å². The number of benzene rings is 1. The molecular formula is C19H17F2N3O6S. The standard InChI is InChI=1S/C19H17F2N3O6S/c20-13-6-14(21)8-15(7-13)31(29,30)24-3-1-11(2-4-24)12-5-16(25)18(22-9-12)19(28)23-10-17(26)27/h1,5-9,25H,2-4,10H2,(H,23,28)(H,26,27). The van der Waals surface area contributed by atoms with E-state index < -0.39 is 50.7 Å². The molecule has 0 aliphatic carbocycles. The fourth-order valence-electron chi connectivity index (χ4n) is 3.00. The number of carboxylic acids is 1. The molecule has 1 aliphatic rings. The summed E-state index contributed by atoms with van der Waals surface area (Å²) in [4.78, 5) is 25.7. The first-order chi connectivity index (χ1) is 14.6. The fourth-order valence-corrected chi connectivity index (χ4v) is 4.42. The van der Waals surface area contributed by atoms with Crippen molar-refractivity contribution in [1.29, 1.82) is 0 Å². The Morgan fingerprint density at radius 2 is 1.84 bits per heavy atom. The van der Waals surface area contributed by atoms with Crippen LogP contribution in [0.3, 0.4) is 0 Å². The van der Waals surface area contributed by atoms with Gasteiger partial charge >= 0.3 is 5.97 Å². The van der Waals surface area contributed by atoms with E-state index in [-0.39, 0.29) is 25.2 Å². The van der Waals surface area contributed by atoms with Gasteiger partial charge in [-0.2, -0.15) is 4.31 Å². The van der Waals surface area contributed by atoms with Gasteiger partial charge < -0.3 is 15.5 Å². The lowest BCUT2D eigenvalue weighted by Gasteiger charge is -2.26. The molecule has 9 nitrogen and oxygen atoms in total. The first kappa shape index (κ1) is 22.3. The van der Waals surface area contributed by atoms with E-state index in [1.807, 2.05) is 0 Å². The van der Waals surface area contributed by atoms with Crippen LogP contribution in [0.25, 0.3) is 5.57 Å². The van der Waals surface area contributed by atoms with Crippen LogP contribution in [0.4, 0.5) is 8.78 Å². The predicted molar refractivity (Wildman–Crippen MR) is 104 cm³/mol. The zero-order valence-corrected chi connectivity index (χ0v) is 16.7. The molecular weight excluding hydrogens is 436 g/mol. The maximum absolute atomic E-state index is 13.4. The van der Waals surface area contributed by atoms with Gasteiger partial charge in [-0.1, -0.05) is 6.08 Å². The predicted octanol–water partition coefficient (Wildman–Crippen LogP) is 1.36. The topological polar surface area (TPSA) is 137 Å². The van der Waals surface area contributed by atoms with Crippen molar-refractivity contribution in [2.75, 3.05) is 19.6 Å². The van der Waals surface area contributed by atoms with E-state index in [1.54, 1.807) is 6.08 Å². The smallest absolute Gasteiger partial charge is 0.322 e. The summed E-state index contributed by atoms with van der Waals surface area (Å²) in [5, 5.41) is 20.7. The minimum absolute atomic E-state index is 0.0217. The Balaban J connectivity index is 1.76. The lowest BCUT2D eigenvalue weighted by Crippen LogP contribution is -2.34. The zero-order chi connectivity index (χ0) is 22.8. The van der Waals surface area contributed by atoms with Gasteiger partial charge in [0.25, 0.3) is 5.91 Å². The van der Waals surface area contributed by atoms with E-state index in [1.165, 1.54) is 12.3 Å². The van der Waals surface area contributed by atoms with Gasteiger partial charge in [0.15, 0.2) is 5.69 Å². The van der Waals surface area contributed by atoms with Crippen LogP contribution in [-0.4, -0.2) is 59.4 Å². The molecule has 0 unspecified atom stereocenters. The maximum atomic E-state index is 13.4. The minimum Gasteiger partial charge on any atom is -0.505 e. The maximum Gasteiger partial charge on any atom is 0.322 e. The third kappa shape index (κ3) is 5.03. The van der Waals surface area contributed by atoms with Crippen LogP contribution >= 0.6 is 0 Å². The first-order valence-electron chi connectivity index (χ1n) is 8.92. The quantitative estimate of drug-likeness (QED) is 0.601. The summed E-state index contributed by atoms with van der Waals surface area (Å²) < 4.78 is 53.1. The summed E-state index contributed by atoms with van der Waals surface area (Å²) in [5.41, 5.74) is 0.747. The molecule has 2 heterocycles. The number of nitrogens with one attached hydrogen (secondary N) is 1. The number of halogens is 2. The van der Waals surface area contributed by atoms with Crippen molar-refractivity contribution in [1.82, 2.24) is 14.6 Å². The van der Waals surface area contributed by atoms with E-state index >= 15 is 0 Å². The summed E-state index contributed by atoms with van der Waals surface area (Å²) in [7, 11) is -4.11. The summed E-state index contributed by atoms with van der Waals surface area (Å²) in [6.45, 7) is -0.683. The molecule has 3 rings (SSSR count). The Kier molecular flexibility index (Phi) is 6.32. The van der Waals surface area contributed by atoms with Gasteiger partial charge in [0, 0.05) is 25.4 Å². The van der Waals surface area contributed by atoms with Gasteiger partial charge in [-0.05, 0) is 35.8 Å². The van der Waals surface area contributed by atoms with Crippen LogP contribution in [0.2, 0.25) is 0 Å². The van der Waals surface area contributed by atoms with E-state index in [4.69, 9.17) is 5.11 Å². The number of aromatic hydroxyl groups is 1. The molecule has 0 bridgehead atoms. The lowest BCUT2D eigenvalue weighted by molar-refractivity contribution is -0.135. The second-order valence-electron chi connectivity index (χ2n) is 6.62. The molecule has 0 radical (unpaired) electrons. The van der Waals surface area contributed by atoms with E-state index in [0.717, 1.165) is 16.4 Å². The van der Waals surface area contributed by atoms with Crippen LogP contribution in [0.15, 0.2) is 41.4 Å². The number of rotatable bonds is 6. The van der Waals surface area contributed by atoms with Crippen molar-refractivity contribution < 1.29 is 37.0 Å². The molecule has 1 amide bonds. The molecule has 164 valence electrons. The highest BCUT2D eigenvalue weighted by molar-refractivity contribution is 7.89. The molecule has 1 aliphatic heterocycles. The van der Waals surface area contributed by atoms with Crippen LogP contribution in [-0.2, 0) is 14.8 Å². The summed E-state index contributed by atoms with van der Waals surface area (Å²) in [6.07, 6.45) is 3.09. The Morgan fingerprint density at radius 3 is 2.39 bits per heavy atom. The molecule has 0 spiro atoms. The molecule has 31 heavy (non-hydrogen) atoms. The average Bonchev–Trinajstić information content (AvgIpc) is 2.71. The van der Waals surface area contributed by atoms with Crippen LogP contribution < -0.4 is 5.32 Å². The van der Waals surface area contributed by atoms with Crippen LogP contribution in [0.1, 0.15) is 22.5 Å². The van der Waals surface area contributed by atoms with Crippen LogP contribution in [0.5, 0.6) is 5.75 Å². The number of carbonyl (C=O) groups excluding carboxylic acids is 1. The largest absolute Gasteiger partial charge is 0.505 e. The van der Waals surface area contributed by atoms with E-state index in [0.29, 0.717) is 17.2 Å². The average molecular weight is 453 g/mol. The number of carboxylic acid groups (broad SMARTS) is 1. The summed E-state index contributed by atoms with van der Waals surface area (Å²) >= 11 is 0. The molecule has 3 N–H and O–H groups in total. The number of aromatic nitrogens is 1. The lowest BCUT2D eigenvalue weighted by atomic mass is 10.0. The highest BCUT2D eigenvalue weighted by Gasteiger charge is 2.28. The number of pyridine rings is 1. The highest BCUT2D eigenvalue weighted by atomic mass is 32.2. The van der Waals surface area contributed by atoms with Crippen molar-refractivity contribution in [3.8, 4) is 5.75 Å². The van der Waals surface area contributed by atoms with Crippen molar-refractivity contribution >= 4 is 27.5 Å². The Morgan fingerprint density at radius 1 is 1.16 bits per heavy atom. The van der Waals surface area contributed by atoms with Crippen molar-refractivity contribution in [3.05, 3.63) is 59.4 Å². The Bertz CT molecular complexity index is 1160. The second kappa shape index (κ2) is 8.78. The highest BCUT2D eigenvalue weighted by Crippen LogP contribution is 2.28. The number of amides is 1. The fraction of sp³-hybridized carbons (Fsp3) is 0.211. The number of hydrogen-bond donors (Lipinski definition) is 3. The third-order valence-electron chi connectivity index (χ3n) is 4.50. The van der Waals surface area contributed by atoms with Gasteiger partial charge in [-0.3, -0.25) is 9.59 Å².